The van der Waals surface area contributed by atoms with Gasteiger partial charge in [0.1, 0.15) is 18.3 Å². The number of hydrogen-bond acceptors (Lipinski definition) is 18. The summed E-state index contributed by atoms with van der Waals surface area (Å²) in [5, 5.41) is 69.3. The van der Waals surface area contributed by atoms with Gasteiger partial charge in [-0.05, 0) is 0 Å². The summed E-state index contributed by atoms with van der Waals surface area (Å²) in [5.41, 5.74) is -16.9. The van der Waals surface area contributed by atoms with Crippen molar-refractivity contribution < 1.29 is 85.2 Å². The van der Waals surface area contributed by atoms with E-state index in [4.69, 9.17) is 11.4 Å². The first-order valence-electron chi connectivity index (χ1n) is 19.1. The van der Waals surface area contributed by atoms with Gasteiger partial charge in [-0.2, -0.15) is 0 Å². The molecule has 0 saturated heterocycles. The lowest BCUT2D eigenvalue weighted by Crippen LogP contribution is -2.61. The van der Waals surface area contributed by atoms with E-state index in [9.17, 15) is 73.8 Å². The smallest absolute Gasteiger partial charge is 0.548 e. The molecule has 0 fully saturated rings. The van der Waals surface area contributed by atoms with Crippen LogP contribution in [-0.4, -0.2) is 134 Å². The second-order valence-electron chi connectivity index (χ2n) is 15.2. The topological polar surface area (TPSA) is 303 Å². The summed E-state index contributed by atoms with van der Waals surface area (Å²) in [4.78, 5) is 125. The van der Waals surface area contributed by atoms with Crippen LogP contribution in [0.5, 0.6) is 0 Å². The number of rotatable bonds is 6. The van der Waals surface area contributed by atoms with E-state index < -0.39 is 136 Å². The Morgan fingerprint density at radius 3 is 0.859 bits per heavy atom. The van der Waals surface area contributed by atoms with Gasteiger partial charge in [-0.1, -0.05) is 109 Å². The van der Waals surface area contributed by atoms with Crippen molar-refractivity contribution in [3.05, 3.63) is 176 Å². The number of benzene rings is 3. The van der Waals surface area contributed by atoms with Crippen molar-refractivity contribution in [2.75, 3.05) is 0 Å². The van der Waals surface area contributed by atoms with Crippen LogP contribution in [0.4, 0.5) is 0 Å². The second-order valence-corrected chi connectivity index (χ2v) is 16.5. The van der Waals surface area contributed by atoms with Crippen molar-refractivity contribution in [1.29, 1.82) is 0 Å². The highest BCUT2D eigenvalue weighted by Gasteiger charge is 2.65. The lowest BCUT2D eigenvalue weighted by atomic mass is 9.71. The minimum atomic E-state index is -5.38. The highest BCUT2D eigenvalue weighted by atomic mass is 27.3. The zero-order valence-corrected chi connectivity index (χ0v) is 33.4. The van der Waals surface area contributed by atoms with Gasteiger partial charge in [0, 0.05) is 50.1 Å². The molecule has 19 heteroatoms. The van der Waals surface area contributed by atoms with Crippen LogP contribution in [0.15, 0.2) is 143 Å². The highest BCUT2D eigenvalue weighted by molar-refractivity contribution is 6.46. The predicted octanol–water partition coefficient (Wildman–Crippen LogP) is -0.286. The lowest BCUT2D eigenvalue weighted by Gasteiger charge is -2.39. The molecule has 6 aliphatic rings. The molecular weight excluding hydrogens is 855 g/mol. The summed E-state index contributed by atoms with van der Waals surface area (Å²) in [7, 11) is 0. The highest BCUT2D eigenvalue weighted by Crippen LogP contribution is 2.43. The fourth-order valence-corrected chi connectivity index (χ4v) is 9.70. The SMILES string of the molecule is O=C1C2=C(C(=O)c3ccccc31)C(O)(C(=O)[O][Al]([O]C(=O)C1(O)C3=C(C=CC1O)C(=O)c1ccccc1C3=O)[O]C(=O)C1(O)C3=C(C=CC1O)C(=O)c1ccccc1C3=O)C(O)C=C2. The van der Waals surface area contributed by atoms with Crippen LogP contribution in [0.2, 0.25) is 0 Å². The summed E-state index contributed by atoms with van der Waals surface area (Å²) in [6.07, 6.45) is -2.17. The van der Waals surface area contributed by atoms with Crippen molar-refractivity contribution >= 4 is 67.8 Å². The molecule has 0 bridgehead atoms. The third-order valence-electron chi connectivity index (χ3n) is 11.8. The molecule has 3 aromatic rings. The first-order chi connectivity index (χ1) is 30.4. The molecule has 64 heavy (non-hydrogen) atoms. The Kier molecular flexibility index (Phi) is 9.68. The Morgan fingerprint density at radius 1 is 0.406 bits per heavy atom. The van der Waals surface area contributed by atoms with Gasteiger partial charge in [-0.3, -0.25) is 43.2 Å². The summed E-state index contributed by atoms with van der Waals surface area (Å²) < 4.78 is 15.8. The maximum atomic E-state index is 14.3. The first-order valence-corrected chi connectivity index (χ1v) is 20.5. The van der Waals surface area contributed by atoms with E-state index in [1.807, 2.05) is 0 Å². The summed E-state index contributed by atoms with van der Waals surface area (Å²) in [6.45, 7) is 0. The van der Waals surface area contributed by atoms with Gasteiger partial charge in [-0.25, -0.2) is 0 Å². The minimum Gasteiger partial charge on any atom is -0.548 e. The number of aliphatic hydroxyl groups is 6. The maximum Gasteiger partial charge on any atom is 1.20 e. The normalized spacial score (nSPS) is 27.6. The molecule has 0 amide bonds. The third-order valence-corrected chi connectivity index (χ3v) is 13.0. The largest absolute Gasteiger partial charge is 1.20 e. The van der Waals surface area contributed by atoms with E-state index in [0.29, 0.717) is 0 Å². The standard InChI is InChI=1S/3C15H10O6.Al/c3*16-10-6-5-9-11(15(10,21)14(19)20)13(18)8-4-2-1-3-7(8)12(9)17;/h3*1-6,10,16,21H,(H,19,20);/q;;;+3/p-3. The molecule has 18 nitrogen and oxygen atoms in total. The zero-order chi connectivity index (χ0) is 45.8. The lowest BCUT2D eigenvalue weighted by molar-refractivity contribution is -0.174. The minimum absolute atomic E-state index is 0.140. The van der Waals surface area contributed by atoms with Crippen LogP contribution in [-0.2, 0) is 25.7 Å². The number of carbonyl (C=O) groups excluding carboxylic acids is 9. The van der Waals surface area contributed by atoms with Gasteiger partial charge in [0.15, 0.2) is 34.7 Å². The second kappa shape index (κ2) is 14.7. The van der Waals surface area contributed by atoms with E-state index in [1.54, 1.807) is 0 Å². The van der Waals surface area contributed by atoms with Crippen LogP contribution in [0, 0.1) is 0 Å². The molecule has 6 aliphatic carbocycles. The van der Waals surface area contributed by atoms with Gasteiger partial charge < -0.3 is 42.0 Å². The third kappa shape index (κ3) is 5.71. The Labute approximate surface area is 363 Å². The number of fused-ring (bicyclic) bond motifs is 3. The molecule has 0 aliphatic heterocycles. The fraction of sp³-hybridized carbons (Fsp3) is 0.133. The molecule has 0 spiro atoms. The fourth-order valence-electron chi connectivity index (χ4n) is 8.49. The number of allylic oxidation sites excluding steroid dienone is 6. The van der Waals surface area contributed by atoms with Crippen LogP contribution >= 0.6 is 0 Å². The van der Waals surface area contributed by atoms with Gasteiger partial charge in [0.25, 0.3) is 0 Å². The molecule has 318 valence electrons. The molecule has 3 aromatic carbocycles. The van der Waals surface area contributed by atoms with Crippen molar-refractivity contribution in [1.82, 2.24) is 0 Å². The molecular formula is C45H27AlO18. The van der Waals surface area contributed by atoms with Gasteiger partial charge in [-0.15, -0.1) is 0 Å². The Morgan fingerprint density at radius 2 is 0.625 bits per heavy atom. The quantitative estimate of drug-likeness (QED) is 0.173. The molecule has 0 aromatic heterocycles. The average Bonchev–Trinajstić information content (AvgIpc) is 3.29. The number of carbonyl (C=O) groups is 9. The van der Waals surface area contributed by atoms with E-state index in [2.05, 4.69) is 0 Å². The molecule has 6 N–H and O–H groups in total. The van der Waals surface area contributed by atoms with E-state index >= 15 is 0 Å². The molecule has 0 saturated carbocycles. The Hall–Kier alpha value is -7.18. The van der Waals surface area contributed by atoms with E-state index in [1.165, 1.54) is 72.8 Å². The predicted molar refractivity (Wildman–Crippen MR) is 211 cm³/mol. The van der Waals surface area contributed by atoms with Gasteiger partial charge in [0.2, 0.25) is 16.8 Å². The number of Topliss-reactive ketones (excluding diaryl/α,β-unsaturated/α-hetero) is 6. The van der Waals surface area contributed by atoms with Crippen LogP contribution in [0.3, 0.4) is 0 Å². The first kappa shape index (κ1) is 42.1. The zero-order valence-electron chi connectivity index (χ0n) is 32.3. The molecule has 6 unspecified atom stereocenters. The molecule has 0 radical (unpaired) electrons. The van der Waals surface area contributed by atoms with E-state index in [-0.39, 0.29) is 33.4 Å². The van der Waals surface area contributed by atoms with Crippen LogP contribution in [0.25, 0.3) is 0 Å². The molecule has 0 heterocycles. The van der Waals surface area contributed by atoms with Crippen LogP contribution in [0.1, 0.15) is 62.1 Å². The van der Waals surface area contributed by atoms with Gasteiger partial charge >= 0.3 is 33.1 Å². The maximum absolute atomic E-state index is 14.3. The monoisotopic (exact) mass is 882 g/mol. The Bertz CT molecular complexity index is 2690. The van der Waals surface area contributed by atoms with Crippen molar-refractivity contribution in [2.45, 2.75) is 35.1 Å². The van der Waals surface area contributed by atoms with E-state index in [0.717, 1.165) is 36.5 Å². The summed E-state index contributed by atoms with van der Waals surface area (Å²) >= 11 is -5.38. The van der Waals surface area contributed by atoms with Crippen molar-refractivity contribution in [3.63, 3.8) is 0 Å². The molecule has 6 atom stereocenters. The number of aliphatic hydroxyl groups excluding tert-OH is 3. The van der Waals surface area contributed by atoms with Gasteiger partial charge in [0.05, 0.1) is 16.7 Å². The average molecular weight is 883 g/mol. The Balaban J connectivity index is 1.13. The summed E-state index contributed by atoms with van der Waals surface area (Å²) in [6, 6.07) is 15.8. The van der Waals surface area contributed by atoms with Crippen molar-refractivity contribution in [3.8, 4) is 0 Å². The molecule has 9 rings (SSSR count). The number of ketones is 6. The number of hydrogen-bond donors (Lipinski definition) is 6. The van der Waals surface area contributed by atoms with Crippen LogP contribution < -0.4 is 0 Å². The van der Waals surface area contributed by atoms with Crippen molar-refractivity contribution in [2.24, 2.45) is 0 Å². The summed E-state index contributed by atoms with van der Waals surface area (Å²) in [5.74, 6) is -12.5.